The Balaban J connectivity index is 1.12. The predicted molar refractivity (Wildman–Crippen MR) is 117 cm³/mol. The SMILES string of the molecule is NC(=O)CNC(=O)Oc1ccc([C@@H]2CCC[C@]3(C2)OOC2(O3)C3CC4CC(C3)CC2C4)cc1. The summed E-state index contributed by atoms with van der Waals surface area (Å²) in [7, 11) is 0. The molecule has 0 unspecified atom stereocenters. The molecule has 1 saturated heterocycles. The Labute approximate surface area is 193 Å². The van der Waals surface area contributed by atoms with E-state index in [9.17, 15) is 9.59 Å². The summed E-state index contributed by atoms with van der Waals surface area (Å²) in [6.45, 7) is -0.256. The molecule has 0 aromatic heterocycles. The van der Waals surface area contributed by atoms with E-state index < -0.39 is 23.6 Å². The molecule has 6 fully saturated rings. The van der Waals surface area contributed by atoms with Crippen molar-refractivity contribution in [3.05, 3.63) is 29.8 Å². The molecule has 1 aromatic carbocycles. The summed E-state index contributed by atoms with van der Waals surface area (Å²) in [5.74, 6) is 1.50. The lowest BCUT2D eigenvalue weighted by molar-refractivity contribution is -0.390. The third-order valence-electron chi connectivity index (χ3n) is 8.58. The van der Waals surface area contributed by atoms with Crippen molar-refractivity contribution >= 4 is 12.0 Å². The minimum atomic E-state index is -0.705. The number of nitrogens with two attached hydrogens (primary N) is 1. The highest BCUT2D eigenvalue weighted by Crippen LogP contribution is 2.64. The summed E-state index contributed by atoms with van der Waals surface area (Å²) in [6, 6.07) is 7.50. The number of ether oxygens (including phenoxy) is 2. The van der Waals surface area contributed by atoms with E-state index in [1.165, 1.54) is 32.1 Å². The Morgan fingerprint density at radius 1 is 1.03 bits per heavy atom. The average molecular weight is 457 g/mol. The minimum Gasteiger partial charge on any atom is -0.410 e. The maximum Gasteiger partial charge on any atom is 0.413 e. The lowest BCUT2D eigenvalue weighted by atomic mass is 9.53. The van der Waals surface area contributed by atoms with Gasteiger partial charge in [-0.2, -0.15) is 9.78 Å². The molecule has 2 spiro atoms. The lowest BCUT2D eigenvalue weighted by Crippen LogP contribution is -2.59. The Bertz CT molecular complexity index is 905. The highest BCUT2D eigenvalue weighted by atomic mass is 17.3. The minimum absolute atomic E-state index is 0.256. The van der Waals surface area contributed by atoms with Crippen LogP contribution in [0.4, 0.5) is 4.79 Å². The van der Waals surface area contributed by atoms with E-state index in [0.717, 1.165) is 43.1 Å². The molecule has 0 radical (unpaired) electrons. The molecule has 1 aromatic rings. The molecule has 1 heterocycles. The third kappa shape index (κ3) is 3.82. The van der Waals surface area contributed by atoms with Crippen LogP contribution in [0.1, 0.15) is 69.3 Å². The number of nitrogens with one attached hydrogen (secondary N) is 1. The number of carbonyl (C=O) groups excluding carboxylic acids is 2. The highest BCUT2D eigenvalue weighted by molar-refractivity contribution is 5.81. The van der Waals surface area contributed by atoms with Gasteiger partial charge in [0.05, 0.1) is 6.54 Å². The summed E-state index contributed by atoms with van der Waals surface area (Å²) >= 11 is 0. The number of benzene rings is 1. The van der Waals surface area contributed by atoms with Crippen molar-refractivity contribution in [1.29, 1.82) is 0 Å². The largest absolute Gasteiger partial charge is 0.413 e. The lowest BCUT2D eigenvalue weighted by Gasteiger charge is -2.57. The monoisotopic (exact) mass is 456 g/mol. The van der Waals surface area contributed by atoms with Gasteiger partial charge >= 0.3 is 6.09 Å². The van der Waals surface area contributed by atoms with E-state index in [-0.39, 0.29) is 12.5 Å². The van der Waals surface area contributed by atoms with Crippen molar-refractivity contribution in [3.8, 4) is 5.75 Å². The summed E-state index contributed by atoms with van der Waals surface area (Å²) in [6.07, 6.45) is 9.23. The first kappa shape index (κ1) is 21.4. The molecule has 5 saturated carbocycles. The summed E-state index contributed by atoms with van der Waals surface area (Å²) in [5, 5.41) is 2.31. The Hall–Kier alpha value is -2.16. The summed E-state index contributed by atoms with van der Waals surface area (Å²) < 4.78 is 12.1. The zero-order valence-corrected chi connectivity index (χ0v) is 18.8. The number of carbonyl (C=O) groups is 2. The van der Waals surface area contributed by atoms with E-state index in [2.05, 4.69) is 5.32 Å². The average Bonchev–Trinajstić information content (AvgIpc) is 3.15. The van der Waals surface area contributed by atoms with Crippen LogP contribution < -0.4 is 15.8 Å². The predicted octanol–water partition coefficient (Wildman–Crippen LogP) is 3.75. The van der Waals surface area contributed by atoms with Gasteiger partial charge in [-0.1, -0.05) is 12.1 Å². The molecular weight excluding hydrogens is 424 g/mol. The van der Waals surface area contributed by atoms with Crippen molar-refractivity contribution in [2.24, 2.45) is 29.4 Å². The fourth-order valence-corrected chi connectivity index (χ4v) is 7.37. The van der Waals surface area contributed by atoms with E-state index in [1.807, 2.05) is 12.1 Å². The molecule has 8 heteroatoms. The Morgan fingerprint density at radius 2 is 1.73 bits per heavy atom. The van der Waals surface area contributed by atoms with Gasteiger partial charge in [0.2, 0.25) is 17.5 Å². The van der Waals surface area contributed by atoms with Gasteiger partial charge in [-0.3, -0.25) is 4.79 Å². The van der Waals surface area contributed by atoms with Gasteiger partial charge in [0.15, 0.2) is 0 Å². The van der Waals surface area contributed by atoms with Gasteiger partial charge in [-0.25, -0.2) is 4.79 Å². The Morgan fingerprint density at radius 3 is 2.39 bits per heavy atom. The first-order chi connectivity index (χ1) is 15.9. The van der Waals surface area contributed by atoms with E-state index in [0.29, 0.717) is 17.6 Å². The molecule has 2 amide bonds. The number of rotatable bonds is 4. The molecule has 6 aliphatic rings. The second kappa shape index (κ2) is 7.96. The second-order valence-electron chi connectivity index (χ2n) is 10.8. The second-order valence-corrected chi connectivity index (χ2v) is 10.8. The number of primary amides is 1. The van der Waals surface area contributed by atoms with Crippen LogP contribution >= 0.6 is 0 Å². The standard InChI is InChI=1S/C25H32N2O6/c26-22(28)14-27-23(29)30-21-5-3-17(4-6-21)18-2-1-7-24(13-18)31-25(33-32-24)19-9-15-8-16(11-19)12-20(25)10-15/h3-6,15-16,18-20H,1-2,7-14H2,(H2,26,28)(H,27,29)/t15?,16?,18-,19?,20?,24-,25?/m1/s1. The number of hydrogen-bond acceptors (Lipinski definition) is 6. The van der Waals surface area contributed by atoms with Crippen molar-refractivity contribution < 1.29 is 28.8 Å². The topological polar surface area (TPSA) is 109 Å². The quantitative estimate of drug-likeness (QED) is 0.668. The molecule has 5 aliphatic carbocycles. The maximum absolute atomic E-state index is 11.7. The summed E-state index contributed by atoms with van der Waals surface area (Å²) in [5.41, 5.74) is 6.19. The van der Waals surface area contributed by atoms with Crippen LogP contribution in [0.2, 0.25) is 0 Å². The maximum atomic E-state index is 11.7. The van der Waals surface area contributed by atoms with Crippen LogP contribution in [0.5, 0.6) is 5.75 Å². The van der Waals surface area contributed by atoms with Gasteiger partial charge < -0.3 is 20.5 Å². The van der Waals surface area contributed by atoms with Gasteiger partial charge in [0.1, 0.15) is 5.75 Å². The normalized spacial score (nSPS) is 40.9. The summed E-state index contributed by atoms with van der Waals surface area (Å²) in [4.78, 5) is 34.8. The first-order valence-corrected chi connectivity index (χ1v) is 12.3. The third-order valence-corrected chi connectivity index (χ3v) is 8.58. The fourth-order valence-electron chi connectivity index (χ4n) is 7.37. The van der Waals surface area contributed by atoms with Crippen molar-refractivity contribution in [3.63, 3.8) is 0 Å². The van der Waals surface area contributed by atoms with Crippen molar-refractivity contribution in [2.45, 2.75) is 75.3 Å². The van der Waals surface area contributed by atoms with Gasteiger partial charge in [0.25, 0.3) is 0 Å². The smallest absolute Gasteiger partial charge is 0.410 e. The van der Waals surface area contributed by atoms with E-state index >= 15 is 0 Å². The van der Waals surface area contributed by atoms with Gasteiger partial charge in [-0.15, -0.1) is 0 Å². The van der Waals surface area contributed by atoms with Crippen LogP contribution in [0, 0.1) is 23.7 Å². The molecule has 8 nitrogen and oxygen atoms in total. The molecular formula is C25H32N2O6. The van der Waals surface area contributed by atoms with Gasteiger partial charge in [0, 0.05) is 24.7 Å². The van der Waals surface area contributed by atoms with E-state index in [1.54, 1.807) is 12.1 Å². The molecule has 178 valence electrons. The Kier molecular flexibility index (Phi) is 5.16. The molecule has 7 rings (SSSR count). The van der Waals surface area contributed by atoms with Crippen LogP contribution in [0.3, 0.4) is 0 Å². The molecule has 1 aliphatic heterocycles. The number of hydrogen-bond donors (Lipinski definition) is 2. The molecule has 4 bridgehead atoms. The first-order valence-electron chi connectivity index (χ1n) is 12.3. The molecule has 33 heavy (non-hydrogen) atoms. The van der Waals surface area contributed by atoms with Crippen LogP contribution in [0.15, 0.2) is 24.3 Å². The fraction of sp³-hybridized carbons (Fsp3) is 0.680. The van der Waals surface area contributed by atoms with Crippen LogP contribution in [0.25, 0.3) is 0 Å². The molecule has 3 N–H and O–H groups in total. The van der Waals surface area contributed by atoms with Gasteiger partial charge in [-0.05, 0) is 80.4 Å². The van der Waals surface area contributed by atoms with Crippen molar-refractivity contribution in [2.75, 3.05) is 6.54 Å². The zero-order chi connectivity index (χ0) is 22.6. The van der Waals surface area contributed by atoms with Crippen LogP contribution in [-0.2, 0) is 19.3 Å². The van der Waals surface area contributed by atoms with Crippen molar-refractivity contribution in [1.82, 2.24) is 5.32 Å². The zero-order valence-electron chi connectivity index (χ0n) is 18.8. The van der Waals surface area contributed by atoms with E-state index in [4.69, 9.17) is 25.0 Å². The highest BCUT2D eigenvalue weighted by Gasteiger charge is 2.67. The van der Waals surface area contributed by atoms with Crippen LogP contribution in [-0.4, -0.2) is 30.1 Å². The molecule has 2 atom stereocenters. The number of amides is 2.